The Morgan fingerprint density at radius 2 is 2.47 bits per heavy atom. The summed E-state index contributed by atoms with van der Waals surface area (Å²) in [5.41, 5.74) is 1.06. The molecule has 1 fully saturated rings. The number of aryl methyl sites for hydroxylation is 1. The van der Waals surface area contributed by atoms with E-state index in [4.69, 9.17) is 4.74 Å². The SMILES string of the molecule is Cc1ccsc1C(=O)N1CC(CBr)OCC1C. The van der Waals surface area contributed by atoms with Crippen LogP contribution >= 0.6 is 27.3 Å². The largest absolute Gasteiger partial charge is 0.373 e. The summed E-state index contributed by atoms with van der Waals surface area (Å²) in [5.74, 6) is 0.138. The maximum Gasteiger partial charge on any atom is 0.264 e. The number of carbonyl (C=O) groups excluding carboxylic acids is 1. The molecule has 0 radical (unpaired) electrons. The van der Waals surface area contributed by atoms with Gasteiger partial charge < -0.3 is 9.64 Å². The van der Waals surface area contributed by atoms with E-state index in [2.05, 4.69) is 15.9 Å². The zero-order valence-electron chi connectivity index (χ0n) is 9.98. The molecule has 1 aliphatic heterocycles. The molecule has 5 heteroatoms. The number of thiophene rings is 1. The highest BCUT2D eigenvalue weighted by atomic mass is 79.9. The van der Waals surface area contributed by atoms with Gasteiger partial charge in [0.1, 0.15) is 0 Å². The van der Waals surface area contributed by atoms with Crippen LogP contribution in [0.1, 0.15) is 22.2 Å². The van der Waals surface area contributed by atoms with Gasteiger partial charge in [0.2, 0.25) is 0 Å². The van der Waals surface area contributed by atoms with E-state index in [0.717, 1.165) is 15.8 Å². The normalized spacial score (nSPS) is 25.0. The third-order valence-electron chi connectivity index (χ3n) is 2.99. The van der Waals surface area contributed by atoms with Crippen molar-refractivity contribution in [3.8, 4) is 0 Å². The van der Waals surface area contributed by atoms with Gasteiger partial charge >= 0.3 is 0 Å². The van der Waals surface area contributed by atoms with Crippen LogP contribution in [0.25, 0.3) is 0 Å². The molecule has 2 rings (SSSR count). The van der Waals surface area contributed by atoms with Crippen LogP contribution in [0.5, 0.6) is 0 Å². The minimum Gasteiger partial charge on any atom is -0.373 e. The molecular formula is C12H16BrNO2S. The second-order valence-electron chi connectivity index (χ2n) is 4.35. The van der Waals surface area contributed by atoms with Crippen LogP contribution in [0.3, 0.4) is 0 Å². The van der Waals surface area contributed by atoms with Crippen molar-refractivity contribution < 1.29 is 9.53 Å². The van der Waals surface area contributed by atoms with Gasteiger partial charge in [0.15, 0.2) is 0 Å². The average molecular weight is 318 g/mol. The minimum absolute atomic E-state index is 0.107. The highest BCUT2D eigenvalue weighted by Gasteiger charge is 2.30. The molecule has 0 N–H and O–H groups in total. The van der Waals surface area contributed by atoms with Crippen LogP contribution in [0, 0.1) is 6.92 Å². The summed E-state index contributed by atoms with van der Waals surface area (Å²) in [6, 6.07) is 2.14. The highest BCUT2D eigenvalue weighted by molar-refractivity contribution is 9.09. The molecule has 1 aromatic rings. The average Bonchev–Trinajstić information content (AvgIpc) is 2.75. The molecule has 0 aliphatic carbocycles. The second kappa shape index (κ2) is 5.50. The van der Waals surface area contributed by atoms with Gasteiger partial charge in [-0.05, 0) is 30.9 Å². The molecule has 0 aromatic carbocycles. The maximum absolute atomic E-state index is 12.4. The summed E-state index contributed by atoms with van der Waals surface area (Å²) in [5, 5.41) is 2.74. The van der Waals surface area contributed by atoms with E-state index < -0.39 is 0 Å². The molecule has 1 aromatic heterocycles. The summed E-state index contributed by atoms with van der Waals surface area (Å²) >= 11 is 4.93. The van der Waals surface area contributed by atoms with E-state index in [1.807, 2.05) is 30.2 Å². The third-order valence-corrected chi connectivity index (χ3v) is 4.72. The van der Waals surface area contributed by atoms with Crippen molar-refractivity contribution in [1.29, 1.82) is 0 Å². The van der Waals surface area contributed by atoms with Gasteiger partial charge in [0, 0.05) is 11.9 Å². The quantitative estimate of drug-likeness (QED) is 0.785. The number of carbonyl (C=O) groups is 1. The Bertz CT molecular complexity index is 407. The molecule has 1 amide bonds. The predicted octanol–water partition coefficient (Wildman–Crippen LogP) is 2.68. The lowest BCUT2D eigenvalue weighted by molar-refractivity contribution is -0.0360. The molecule has 1 aliphatic rings. The van der Waals surface area contributed by atoms with Crippen molar-refractivity contribution in [3.63, 3.8) is 0 Å². The standard InChI is InChI=1S/C12H16BrNO2S/c1-8-3-4-17-11(8)12(15)14-6-10(5-13)16-7-9(14)2/h3-4,9-10H,5-7H2,1-2H3. The van der Waals surface area contributed by atoms with Crippen LogP contribution in [-0.2, 0) is 4.74 Å². The summed E-state index contributed by atoms with van der Waals surface area (Å²) in [6.07, 6.45) is 0.107. The van der Waals surface area contributed by atoms with E-state index >= 15 is 0 Å². The third kappa shape index (κ3) is 2.72. The Labute approximate surface area is 114 Å². The molecule has 0 spiro atoms. The predicted molar refractivity (Wildman–Crippen MR) is 73.1 cm³/mol. The molecule has 17 heavy (non-hydrogen) atoms. The summed E-state index contributed by atoms with van der Waals surface area (Å²) in [6.45, 7) is 5.30. The van der Waals surface area contributed by atoms with Gasteiger partial charge in [0.05, 0.1) is 23.6 Å². The van der Waals surface area contributed by atoms with E-state index in [0.29, 0.717) is 13.2 Å². The van der Waals surface area contributed by atoms with E-state index in [1.165, 1.54) is 11.3 Å². The molecule has 0 saturated carbocycles. The number of ether oxygens (including phenoxy) is 1. The maximum atomic E-state index is 12.4. The minimum atomic E-state index is 0.107. The first kappa shape index (κ1) is 13.1. The first-order valence-corrected chi connectivity index (χ1v) is 7.66. The van der Waals surface area contributed by atoms with Crippen LogP contribution in [-0.4, -0.2) is 41.4 Å². The van der Waals surface area contributed by atoms with E-state index in [9.17, 15) is 4.79 Å². The zero-order valence-corrected chi connectivity index (χ0v) is 12.4. The van der Waals surface area contributed by atoms with Gasteiger partial charge in [-0.2, -0.15) is 0 Å². The van der Waals surface area contributed by atoms with Crippen LogP contribution in [0.15, 0.2) is 11.4 Å². The Morgan fingerprint density at radius 1 is 1.71 bits per heavy atom. The Kier molecular flexibility index (Phi) is 4.22. The zero-order chi connectivity index (χ0) is 12.4. The smallest absolute Gasteiger partial charge is 0.264 e. The molecule has 2 unspecified atom stereocenters. The highest BCUT2D eigenvalue weighted by Crippen LogP contribution is 2.22. The van der Waals surface area contributed by atoms with Crippen molar-refractivity contribution in [2.45, 2.75) is 26.0 Å². The van der Waals surface area contributed by atoms with Crippen molar-refractivity contribution in [2.24, 2.45) is 0 Å². The second-order valence-corrected chi connectivity index (χ2v) is 5.91. The number of hydrogen-bond acceptors (Lipinski definition) is 3. The molecule has 3 nitrogen and oxygen atoms in total. The lowest BCUT2D eigenvalue weighted by Crippen LogP contribution is -2.51. The fourth-order valence-corrected chi connectivity index (χ4v) is 3.19. The van der Waals surface area contributed by atoms with Crippen molar-refractivity contribution in [3.05, 3.63) is 21.9 Å². The molecule has 0 bridgehead atoms. The number of alkyl halides is 1. The fourth-order valence-electron chi connectivity index (χ4n) is 1.92. The van der Waals surface area contributed by atoms with Crippen LogP contribution < -0.4 is 0 Å². The number of halogens is 1. The number of rotatable bonds is 2. The monoisotopic (exact) mass is 317 g/mol. The Balaban J connectivity index is 2.15. The molecule has 2 atom stereocenters. The number of hydrogen-bond donors (Lipinski definition) is 0. The van der Waals surface area contributed by atoms with Crippen molar-refractivity contribution in [1.82, 2.24) is 4.90 Å². The Morgan fingerprint density at radius 3 is 3.06 bits per heavy atom. The summed E-state index contributed by atoms with van der Waals surface area (Å²) in [7, 11) is 0. The summed E-state index contributed by atoms with van der Waals surface area (Å²) in [4.78, 5) is 15.2. The number of amides is 1. The van der Waals surface area contributed by atoms with E-state index in [1.54, 1.807) is 0 Å². The van der Waals surface area contributed by atoms with Gasteiger partial charge in [0.25, 0.3) is 5.91 Å². The van der Waals surface area contributed by atoms with Crippen LogP contribution in [0.2, 0.25) is 0 Å². The fraction of sp³-hybridized carbons (Fsp3) is 0.583. The lowest BCUT2D eigenvalue weighted by Gasteiger charge is -2.37. The van der Waals surface area contributed by atoms with Crippen molar-refractivity contribution in [2.75, 3.05) is 18.5 Å². The number of nitrogens with zero attached hydrogens (tertiary/aromatic N) is 1. The lowest BCUT2D eigenvalue weighted by atomic mass is 10.2. The number of morpholine rings is 1. The summed E-state index contributed by atoms with van der Waals surface area (Å²) < 4.78 is 5.63. The topological polar surface area (TPSA) is 29.5 Å². The van der Waals surface area contributed by atoms with Crippen LogP contribution in [0.4, 0.5) is 0 Å². The van der Waals surface area contributed by atoms with Gasteiger partial charge in [-0.15, -0.1) is 11.3 Å². The molecular weight excluding hydrogens is 302 g/mol. The first-order chi connectivity index (χ1) is 8.13. The van der Waals surface area contributed by atoms with Gasteiger partial charge in [-0.1, -0.05) is 15.9 Å². The molecule has 2 heterocycles. The Hall–Kier alpha value is -0.390. The van der Waals surface area contributed by atoms with E-state index in [-0.39, 0.29) is 18.1 Å². The van der Waals surface area contributed by atoms with Gasteiger partial charge in [-0.3, -0.25) is 4.79 Å². The first-order valence-electron chi connectivity index (χ1n) is 5.66. The molecule has 94 valence electrons. The molecule has 1 saturated heterocycles. The van der Waals surface area contributed by atoms with Gasteiger partial charge in [-0.25, -0.2) is 0 Å². The van der Waals surface area contributed by atoms with Crippen molar-refractivity contribution >= 4 is 33.2 Å².